The monoisotopic (exact) mass is 260 g/mol. The van der Waals surface area contributed by atoms with E-state index >= 15 is 0 Å². The van der Waals surface area contributed by atoms with Crippen LogP contribution in [0.5, 0.6) is 0 Å². The Kier molecular flexibility index (Phi) is 3.95. The Morgan fingerprint density at radius 3 is 2.68 bits per heavy atom. The van der Waals surface area contributed by atoms with Gasteiger partial charge < -0.3 is 4.90 Å². The molecule has 100 valence electrons. The molecule has 19 heavy (non-hydrogen) atoms. The van der Waals surface area contributed by atoms with Crippen LogP contribution in [-0.2, 0) is 0 Å². The molecule has 0 N–H and O–H groups in total. The molecule has 6 nitrogen and oxygen atoms in total. The summed E-state index contributed by atoms with van der Waals surface area (Å²) in [5.74, 6) is 0.633. The van der Waals surface area contributed by atoms with Gasteiger partial charge in [-0.25, -0.2) is 4.98 Å². The van der Waals surface area contributed by atoms with Crippen LogP contribution in [0, 0.1) is 21.4 Å². The van der Waals surface area contributed by atoms with Crippen molar-refractivity contribution < 1.29 is 4.92 Å². The van der Waals surface area contributed by atoms with E-state index in [1.165, 1.54) is 25.3 Å². The third kappa shape index (κ3) is 2.81. The van der Waals surface area contributed by atoms with Crippen molar-refractivity contribution in [2.45, 2.75) is 38.1 Å². The molecular weight excluding hydrogens is 244 g/mol. The Morgan fingerprint density at radius 2 is 2.11 bits per heavy atom. The molecule has 0 radical (unpaired) electrons. The summed E-state index contributed by atoms with van der Waals surface area (Å²) < 4.78 is 0. The van der Waals surface area contributed by atoms with Crippen molar-refractivity contribution >= 4 is 11.5 Å². The lowest BCUT2D eigenvalue weighted by atomic mass is 9.94. The van der Waals surface area contributed by atoms with Crippen molar-refractivity contribution in [2.75, 3.05) is 11.9 Å². The van der Waals surface area contributed by atoms with Gasteiger partial charge in [0, 0.05) is 19.2 Å². The standard InChI is InChI=1S/C13H16N4O2/c1-16(10-5-3-2-4-6-10)13-8-7-12(17(18)19)11(9-14)15-13/h7-8,10H,2-6H2,1H3. The average molecular weight is 260 g/mol. The zero-order valence-corrected chi connectivity index (χ0v) is 10.9. The number of hydrogen-bond donors (Lipinski definition) is 0. The molecule has 1 aliphatic rings. The first-order chi connectivity index (χ1) is 9.13. The molecule has 0 atom stereocenters. The summed E-state index contributed by atoms with van der Waals surface area (Å²) in [6, 6.07) is 5.19. The largest absolute Gasteiger partial charge is 0.357 e. The highest BCUT2D eigenvalue weighted by atomic mass is 16.6. The minimum Gasteiger partial charge on any atom is -0.357 e. The van der Waals surface area contributed by atoms with Crippen molar-refractivity contribution in [2.24, 2.45) is 0 Å². The van der Waals surface area contributed by atoms with E-state index in [1.807, 2.05) is 11.9 Å². The quantitative estimate of drug-likeness (QED) is 0.616. The maximum absolute atomic E-state index is 10.8. The molecule has 1 fully saturated rings. The second kappa shape index (κ2) is 5.65. The molecule has 2 rings (SSSR count). The molecule has 1 aliphatic carbocycles. The third-order valence-electron chi connectivity index (χ3n) is 3.65. The van der Waals surface area contributed by atoms with E-state index in [9.17, 15) is 10.1 Å². The van der Waals surface area contributed by atoms with Crippen LogP contribution in [0.2, 0.25) is 0 Å². The number of anilines is 1. The van der Waals surface area contributed by atoms with Gasteiger partial charge in [-0.1, -0.05) is 19.3 Å². The molecule has 0 saturated heterocycles. The lowest BCUT2D eigenvalue weighted by molar-refractivity contribution is -0.385. The molecule has 0 spiro atoms. The van der Waals surface area contributed by atoms with E-state index in [-0.39, 0.29) is 11.4 Å². The minimum absolute atomic E-state index is 0.120. The Hall–Kier alpha value is -2.16. The molecular formula is C13H16N4O2. The lowest BCUT2D eigenvalue weighted by Crippen LogP contribution is -2.34. The first-order valence-corrected chi connectivity index (χ1v) is 6.42. The highest BCUT2D eigenvalue weighted by Crippen LogP contribution is 2.27. The summed E-state index contributed by atoms with van der Waals surface area (Å²) in [4.78, 5) is 16.3. The van der Waals surface area contributed by atoms with Gasteiger partial charge in [-0.05, 0) is 18.9 Å². The topological polar surface area (TPSA) is 83.1 Å². The van der Waals surface area contributed by atoms with E-state index in [1.54, 1.807) is 12.1 Å². The number of nitrogens with zero attached hydrogens (tertiary/aromatic N) is 4. The van der Waals surface area contributed by atoms with Crippen LogP contribution in [0.3, 0.4) is 0 Å². The Balaban J connectivity index is 2.25. The second-order valence-electron chi connectivity index (χ2n) is 4.81. The van der Waals surface area contributed by atoms with Crippen LogP contribution in [0.1, 0.15) is 37.8 Å². The normalized spacial score (nSPS) is 15.8. The summed E-state index contributed by atoms with van der Waals surface area (Å²) in [5, 5.41) is 19.7. The Morgan fingerprint density at radius 1 is 1.42 bits per heavy atom. The first-order valence-electron chi connectivity index (χ1n) is 6.42. The maximum Gasteiger partial charge on any atom is 0.305 e. The van der Waals surface area contributed by atoms with Crippen LogP contribution in [0.25, 0.3) is 0 Å². The fraction of sp³-hybridized carbons (Fsp3) is 0.538. The average Bonchev–Trinajstić information content (AvgIpc) is 2.46. The predicted molar refractivity (Wildman–Crippen MR) is 70.9 cm³/mol. The van der Waals surface area contributed by atoms with Crippen LogP contribution < -0.4 is 4.90 Å². The van der Waals surface area contributed by atoms with E-state index in [0.29, 0.717) is 11.9 Å². The molecule has 0 aliphatic heterocycles. The Labute approximate surface area is 111 Å². The van der Waals surface area contributed by atoms with Crippen molar-refractivity contribution in [1.82, 2.24) is 4.98 Å². The van der Waals surface area contributed by atoms with Crippen LogP contribution in [-0.4, -0.2) is 23.0 Å². The summed E-state index contributed by atoms with van der Waals surface area (Å²) >= 11 is 0. The Bertz CT molecular complexity index is 518. The summed E-state index contributed by atoms with van der Waals surface area (Å²) in [6.45, 7) is 0. The number of aromatic nitrogens is 1. The molecule has 0 unspecified atom stereocenters. The zero-order chi connectivity index (χ0) is 13.8. The van der Waals surface area contributed by atoms with E-state index < -0.39 is 4.92 Å². The van der Waals surface area contributed by atoms with Crippen LogP contribution in [0.4, 0.5) is 11.5 Å². The summed E-state index contributed by atoms with van der Waals surface area (Å²) in [6.07, 6.45) is 5.88. The maximum atomic E-state index is 10.8. The highest BCUT2D eigenvalue weighted by Gasteiger charge is 2.22. The lowest BCUT2D eigenvalue weighted by Gasteiger charge is -2.32. The minimum atomic E-state index is -0.573. The van der Waals surface area contributed by atoms with Gasteiger partial charge >= 0.3 is 5.69 Å². The smallest absolute Gasteiger partial charge is 0.305 e. The molecule has 0 aromatic carbocycles. The number of nitriles is 1. The van der Waals surface area contributed by atoms with Crippen LogP contribution >= 0.6 is 0 Å². The molecule has 0 amide bonds. The SMILES string of the molecule is CN(c1ccc([N+](=O)[O-])c(C#N)n1)C1CCCCC1. The van der Waals surface area contributed by atoms with Gasteiger partial charge in [-0.3, -0.25) is 10.1 Å². The van der Waals surface area contributed by atoms with E-state index in [0.717, 1.165) is 12.8 Å². The molecule has 6 heteroatoms. The molecule has 0 bridgehead atoms. The van der Waals surface area contributed by atoms with E-state index in [2.05, 4.69) is 4.98 Å². The second-order valence-corrected chi connectivity index (χ2v) is 4.81. The molecule has 1 aromatic heterocycles. The fourth-order valence-electron chi connectivity index (χ4n) is 2.52. The van der Waals surface area contributed by atoms with Crippen molar-refractivity contribution in [3.05, 3.63) is 27.9 Å². The number of hydrogen-bond acceptors (Lipinski definition) is 5. The number of nitro groups is 1. The van der Waals surface area contributed by atoms with Crippen molar-refractivity contribution in [3.63, 3.8) is 0 Å². The van der Waals surface area contributed by atoms with Gasteiger partial charge in [0.15, 0.2) is 0 Å². The third-order valence-corrected chi connectivity index (χ3v) is 3.65. The van der Waals surface area contributed by atoms with Crippen molar-refractivity contribution in [3.8, 4) is 6.07 Å². The molecule has 1 heterocycles. The number of rotatable bonds is 3. The number of pyridine rings is 1. The van der Waals surface area contributed by atoms with Gasteiger partial charge in [0.25, 0.3) is 0 Å². The van der Waals surface area contributed by atoms with Gasteiger partial charge in [-0.15, -0.1) is 0 Å². The zero-order valence-electron chi connectivity index (χ0n) is 10.9. The van der Waals surface area contributed by atoms with Crippen molar-refractivity contribution in [1.29, 1.82) is 5.26 Å². The molecule has 1 saturated carbocycles. The van der Waals surface area contributed by atoms with Gasteiger partial charge in [0.2, 0.25) is 5.69 Å². The van der Waals surface area contributed by atoms with Gasteiger partial charge in [0.05, 0.1) is 4.92 Å². The van der Waals surface area contributed by atoms with Gasteiger partial charge in [-0.2, -0.15) is 5.26 Å². The molecule has 1 aromatic rings. The van der Waals surface area contributed by atoms with Gasteiger partial charge in [0.1, 0.15) is 11.9 Å². The predicted octanol–water partition coefficient (Wildman–Crippen LogP) is 2.63. The highest BCUT2D eigenvalue weighted by molar-refractivity contribution is 5.51. The van der Waals surface area contributed by atoms with E-state index in [4.69, 9.17) is 5.26 Å². The summed E-state index contributed by atoms with van der Waals surface area (Å²) in [5.41, 5.74) is -0.353. The van der Waals surface area contributed by atoms with Crippen LogP contribution in [0.15, 0.2) is 12.1 Å². The fourth-order valence-corrected chi connectivity index (χ4v) is 2.52. The summed E-state index contributed by atoms with van der Waals surface area (Å²) in [7, 11) is 1.94. The first kappa shape index (κ1) is 13.3.